The molecular formula is C15H30IN3O. The lowest BCUT2D eigenvalue weighted by Gasteiger charge is -2.54. The zero-order chi connectivity index (χ0) is 13.9. The van der Waals surface area contributed by atoms with Gasteiger partial charge in [-0.25, -0.2) is 0 Å². The normalized spacial score (nSPS) is 31.0. The number of hydrogen-bond acceptors (Lipinski definition) is 2. The molecule has 0 aromatic rings. The highest BCUT2D eigenvalue weighted by molar-refractivity contribution is 14.0. The van der Waals surface area contributed by atoms with Crippen LogP contribution < -0.4 is 10.6 Å². The number of guanidine groups is 1. The highest BCUT2D eigenvalue weighted by Gasteiger charge is 2.59. The maximum absolute atomic E-state index is 5.83. The highest BCUT2D eigenvalue weighted by Crippen LogP contribution is 2.51. The average Bonchev–Trinajstić information content (AvgIpc) is 2.84. The Morgan fingerprint density at radius 2 is 2.10 bits per heavy atom. The SMILES string of the molecule is CCCCCNC(=NC)NC1C2CCOC2C1(C)C.I. The fourth-order valence-corrected chi connectivity index (χ4v) is 3.54. The molecule has 0 amide bonds. The number of nitrogens with one attached hydrogen (secondary N) is 2. The molecule has 2 rings (SSSR count). The van der Waals surface area contributed by atoms with Gasteiger partial charge in [-0.05, 0) is 12.8 Å². The Morgan fingerprint density at radius 3 is 2.75 bits per heavy atom. The van der Waals surface area contributed by atoms with Gasteiger partial charge >= 0.3 is 0 Å². The van der Waals surface area contributed by atoms with Crippen molar-refractivity contribution < 1.29 is 4.74 Å². The molecular weight excluding hydrogens is 365 g/mol. The fourth-order valence-electron chi connectivity index (χ4n) is 3.54. The van der Waals surface area contributed by atoms with Crippen molar-refractivity contribution in [3.63, 3.8) is 0 Å². The Balaban J connectivity index is 0.00000200. The second-order valence-electron chi connectivity index (χ2n) is 6.39. The lowest BCUT2D eigenvalue weighted by atomic mass is 9.57. The van der Waals surface area contributed by atoms with Gasteiger partial charge in [0.2, 0.25) is 0 Å². The minimum Gasteiger partial charge on any atom is -0.377 e. The van der Waals surface area contributed by atoms with Crippen LogP contribution in [0.2, 0.25) is 0 Å². The van der Waals surface area contributed by atoms with Gasteiger partial charge in [0.1, 0.15) is 0 Å². The van der Waals surface area contributed by atoms with E-state index in [0.29, 0.717) is 18.1 Å². The van der Waals surface area contributed by atoms with Crippen LogP contribution in [0.15, 0.2) is 4.99 Å². The van der Waals surface area contributed by atoms with E-state index in [9.17, 15) is 0 Å². The Morgan fingerprint density at radius 1 is 1.35 bits per heavy atom. The number of halogens is 1. The molecule has 0 radical (unpaired) electrons. The van der Waals surface area contributed by atoms with Gasteiger partial charge in [-0.1, -0.05) is 33.6 Å². The van der Waals surface area contributed by atoms with Gasteiger partial charge in [0.15, 0.2) is 5.96 Å². The summed E-state index contributed by atoms with van der Waals surface area (Å²) >= 11 is 0. The van der Waals surface area contributed by atoms with Crippen molar-refractivity contribution in [3.8, 4) is 0 Å². The number of rotatable bonds is 5. The van der Waals surface area contributed by atoms with E-state index in [2.05, 4.69) is 36.4 Å². The van der Waals surface area contributed by atoms with Gasteiger partial charge in [0.05, 0.1) is 6.10 Å². The molecule has 1 heterocycles. The molecule has 2 N–H and O–H groups in total. The first kappa shape index (κ1) is 18.0. The van der Waals surface area contributed by atoms with E-state index in [4.69, 9.17) is 4.74 Å². The summed E-state index contributed by atoms with van der Waals surface area (Å²) in [6, 6.07) is 0.484. The third-order valence-electron chi connectivity index (χ3n) is 4.69. The Labute approximate surface area is 140 Å². The minimum atomic E-state index is 0. The highest BCUT2D eigenvalue weighted by atomic mass is 127. The van der Waals surface area contributed by atoms with E-state index in [1.165, 1.54) is 25.7 Å². The quantitative estimate of drug-likeness (QED) is 0.326. The second kappa shape index (κ2) is 7.82. The summed E-state index contributed by atoms with van der Waals surface area (Å²) in [5.74, 6) is 1.60. The lowest BCUT2D eigenvalue weighted by Crippen LogP contribution is -2.67. The van der Waals surface area contributed by atoms with Gasteiger partial charge in [-0.2, -0.15) is 0 Å². The molecule has 0 aromatic heterocycles. The van der Waals surface area contributed by atoms with E-state index in [0.717, 1.165) is 19.1 Å². The molecule has 1 aliphatic heterocycles. The van der Waals surface area contributed by atoms with E-state index in [-0.39, 0.29) is 29.4 Å². The van der Waals surface area contributed by atoms with Gasteiger partial charge < -0.3 is 15.4 Å². The molecule has 5 heteroatoms. The molecule has 0 bridgehead atoms. The van der Waals surface area contributed by atoms with Gasteiger partial charge in [-0.3, -0.25) is 4.99 Å². The Kier molecular flexibility index (Phi) is 7.04. The van der Waals surface area contributed by atoms with Crippen molar-refractivity contribution in [2.24, 2.45) is 16.3 Å². The van der Waals surface area contributed by atoms with Crippen molar-refractivity contribution >= 4 is 29.9 Å². The number of hydrogen-bond donors (Lipinski definition) is 2. The summed E-state index contributed by atoms with van der Waals surface area (Å²) in [5.41, 5.74) is 0.211. The summed E-state index contributed by atoms with van der Waals surface area (Å²) in [6.45, 7) is 8.73. The number of ether oxygens (including phenoxy) is 1. The van der Waals surface area contributed by atoms with Gasteiger partial charge in [0.25, 0.3) is 0 Å². The lowest BCUT2D eigenvalue weighted by molar-refractivity contribution is -0.106. The van der Waals surface area contributed by atoms with Crippen molar-refractivity contribution in [3.05, 3.63) is 0 Å². The van der Waals surface area contributed by atoms with Crippen molar-refractivity contribution in [1.29, 1.82) is 0 Å². The van der Waals surface area contributed by atoms with Crippen LogP contribution in [0, 0.1) is 11.3 Å². The number of aliphatic imine (C=N–C) groups is 1. The van der Waals surface area contributed by atoms with Crippen LogP contribution in [0.3, 0.4) is 0 Å². The summed E-state index contributed by atoms with van der Waals surface area (Å²) < 4.78 is 5.83. The first-order valence-corrected chi connectivity index (χ1v) is 7.70. The topological polar surface area (TPSA) is 45.7 Å². The maximum Gasteiger partial charge on any atom is 0.191 e. The van der Waals surface area contributed by atoms with Crippen LogP contribution in [0.5, 0.6) is 0 Å². The molecule has 118 valence electrons. The number of nitrogens with zero attached hydrogens (tertiary/aromatic N) is 1. The summed E-state index contributed by atoms with van der Waals surface area (Å²) in [6.07, 6.45) is 5.35. The van der Waals surface area contributed by atoms with E-state index >= 15 is 0 Å². The number of fused-ring (bicyclic) bond motifs is 1. The molecule has 2 fully saturated rings. The molecule has 3 unspecified atom stereocenters. The summed E-state index contributed by atoms with van der Waals surface area (Å²) in [5, 5.41) is 7.02. The third-order valence-corrected chi connectivity index (χ3v) is 4.69. The zero-order valence-electron chi connectivity index (χ0n) is 13.2. The van der Waals surface area contributed by atoms with Crippen LogP contribution in [0.4, 0.5) is 0 Å². The molecule has 0 aromatic carbocycles. The van der Waals surface area contributed by atoms with E-state index in [1.807, 2.05) is 7.05 Å². The van der Waals surface area contributed by atoms with Crippen LogP contribution in [0.25, 0.3) is 0 Å². The number of unbranched alkanes of at least 4 members (excludes halogenated alkanes) is 2. The monoisotopic (exact) mass is 395 g/mol. The van der Waals surface area contributed by atoms with Crippen LogP contribution in [-0.4, -0.2) is 38.3 Å². The molecule has 20 heavy (non-hydrogen) atoms. The summed E-state index contributed by atoms with van der Waals surface area (Å²) in [7, 11) is 1.85. The Bertz CT molecular complexity index is 333. The minimum absolute atomic E-state index is 0. The van der Waals surface area contributed by atoms with Crippen LogP contribution in [0.1, 0.15) is 46.5 Å². The smallest absolute Gasteiger partial charge is 0.191 e. The standard InChI is InChI=1S/C15H29N3O.HI/c1-5-6-7-9-17-14(16-4)18-12-11-8-10-19-13(11)15(12,2)3;/h11-13H,5-10H2,1-4H3,(H2,16,17,18);1H. The first-order chi connectivity index (χ1) is 9.11. The zero-order valence-corrected chi connectivity index (χ0v) is 15.6. The molecule has 3 atom stereocenters. The molecule has 1 aliphatic carbocycles. The predicted molar refractivity (Wildman–Crippen MR) is 94.9 cm³/mol. The van der Waals surface area contributed by atoms with Crippen molar-refractivity contribution in [2.45, 2.75) is 58.6 Å². The molecule has 1 saturated heterocycles. The average molecular weight is 395 g/mol. The van der Waals surface area contributed by atoms with E-state index < -0.39 is 0 Å². The molecule has 4 nitrogen and oxygen atoms in total. The third kappa shape index (κ3) is 3.59. The molecule has 2 aliphatic rings. The van der Waals surface area contributed by atoms with Crippen LogP contribution >= 0.6 is 24.0 Å². The van der Waals surface area contributed by atoms with Crippen LogP contribution in [-0.2, 0) is 4.74 Å². The van der Waals surface area contributed by atoms with Crippen molar-refractivity contribution in [1.82, 2.24) is 10.6 Å². The first-order valence-electron chi connectivity index (χ1n) is 7.70. The Hall–Kier alpha value is -0.0400. The molecule has 1 saturated carbocycles. The fraction of sp³-hybridized carbons (Fsp3) is 0.933. The predicted octanol–water partition coefficient (Wildman–Crippen LogP) is 2.77. The maximum atomic E-state index is 5.83. The summed E-state index contributed by atoms with van der Waals surface area (Å²) in [4.78, 5) is 4.34. The van der Waals surface area contributed by atoms with Crippen molar-refractivity contribution in [2.75, 3.05) is 20.2 Å². The van der Waals surface area contributed by atoms with Gasteiger partial charge in [-0.15, -0.1) is 24.0 Å². The largest absolute Gasteiger partial charge is 0.377 e. The van der Waals surface area contributed by atoms with E-state index in [1.54, 1.807) is 0 Å². The second-order valence-corrected chi connectivity index (χ2v) is 6.39. The molecule has 0 spiro atoms. The van der Waals surface area contributed by atoms with Gasteiger partial charge in [0, 0.05) is 37.6 Å².